The summed E-state index contributed by atoms with van der Waals surface area (Å²) in [5.41, 5.74) is 2.17. The standard InChI is InChI=1S/C16H23NO3/c1-5-19-15(18)11(2)17-10-13-8-6-7-12-9-16(3,4)20-14(12)13/h6-8,11,17H,5,9-10H2,1-4H3. The minimum atomic E-state index is -0.319. The first kappa shape index (κ1) is 14.9. The van der Waals surface area contributed by atoms with Crippen molar-refractivity contribution < 1.29 is 14.3 Å². The van der Waals surface area contributed by atoms with Crippen molar-refractivity contribution >= 4 is 5.97 Å². The van der Waals surface area contributed by atoms with Gasteiger partial charge in [-0.15, -0.1) is 0 Å². The summed E-state index contributed by atoms with van der Waals surface area (Å²) >= 11 is 0. The van der Waals surface area contributed by atoms with E-state index in [-0.39, 0.29) is 17.6 Å². The maximum Gasteiger partial charge on any atom is 0.322 e. The van der Waals surface area contributed by atoms with E-state index in [0.717, 1.165) is 17.7 Å². The van der Waals surface area contributed by atoms with Crippen molar-refractivity contribution in [2.24, 2.45) is 0 Å². The Kier molecular flexibility index (Phi) is 4.33. The molecular formula is C16H23NO3. The van der Waals surface area contributed by atoms with Crippen molar-refractivity contribution in [3.63, 3.8) is 0 Å². The van der Waals surface area contributed by atoms with Gasteiger partial charge in [0.2, 0.25) is 0 Å². The number of hydrogen-bond acceptors (Lipinski definition) is 4. The molecule has 0 aromatic heterocycles. The van der Waals surface area contributed by atoms with E-state index < -0.39 is 0 Å². The monoisotopic (exact) mass is 277 g/mol. The number of fused-ring (bicyclic) bond motifs is 1. The van der Waals surface area contributed by atoms with Crippen molar-refractivity contribution in [3.8, 4) is 5.75 Å². The lowest BCUT2D eigenvalue weighted by Crippen LogP contribution is -2.35. The summed E-state index contributed by atoms with van der Waals surface area (Å²) in [6.45, 7) is 8.80. The highest BCUT2D eigenvalue weighted by Crippen LogP contribution is 2.37. The van der Waals surface area contributed by atoms with E-state index in [0.29, 0.717) is 13.2 Å². The highest BCUT2D eigenvalue weighted by molar-refractivity contribution is 5.75. The van der Waals surface area contributed by atoms with E-state index >= 15 is 0 Å². The van der Waals surface area contributed by atoms with Gasteiger partial charge in [0, 0.05) is 18.5 Å². The quantitative estimate of drug-likeness (QED) is 0.840. The number of benzene rings is 1. The van der Waals surface area contributed by atoms with Crippen LogP contribution < -0.4 is 10.1 Å². The number of rotatable bonds is 5. The topological polar surface area (TPSA) is 47.6 Å². The SMILES string of the molecule is CCOC(=O)C(C)NCc1cccc2c1OC(C)(C)C2. The minimum absolute atomic E-state index is 0.148. The molecular weight excluding hydrogens is 254 g/mol. The van der Waals surface area contributed by atoms with Gasteiger partial charge in [0.15, 0.2) is 0 Å². The fourth-order valence-electron chi connectivity index (χ4n) is 2.43. The number of esters is 1. The number of carbonyl (C=O) groups excluding carboxylic acids is 1. The molecule has 0 spiro atoms. The van der Waals surface area contributed by atoms with Gasteiger partial charge in [-0.2, -0.15) is 0 Å². The predicted octanol–water partition coefficient (Wildman–Crippen LogP) is 2.44. The molecule has 2 rings (SSSR count). The van der Waals surface area contributed by atoms with E-state index in [1.165, 1.54) is 5.56 Å². The van der Waals surface area contributed by atoms with Crippen molar-refractivity contribution in [1.82, 2.24) is 5.32 Å². The number of carbonyl (C=O) groups is 1. The second-order valence-corrected chi connectivity index (χ2v) is 5.80. The lowest BCUT2D eigenvalue weighted by molar-refractivity contribution is -0.145. The van der Waals surface area contributed by atoms with Crippen LogP contribution in [0.2, 0.25) is 0 Å². The maximum atomic E-state index is 11.6. The molecule has 4 heteroatoms. The summed E-state index contributed by atoms with van der Waals surface area (Å²) in [5, 5.41) is 3.19. The summed E-state index contributed by atoms with van der Waals surface area (Å²) in [6, 6.07) is 5.85. The summed E-state index contributed by atoms with van der Waals surface area (Å²) in [6.07, 6.45) is 0.920. The van der Waals surface area contributed by atoms with Crippen molar-refractivity contribution in [3.05, 3.63) is 29.3 Å². The average Bonchev–Trinajstić information content (AvgIpc) is 2.70. The molecule has 1 aliphatic rings. The second kappa shape index (κ2) is 5.83. The van der Waals surface area contributed by atoms with E-state index in [2.05, 4.69) is 25.2 Å². The highest BCUT2D eigenvalue weighted by Gasteiger charge is 2.31. The van der Waals surface area contributed by atoms with Gasteiger partial charge in [-0.25, -0.2) is 0 Å². The van der Waals surface area contributed by atoms with E-state index in [1.54, 1.807) is 0 Å². The van der Waals surface area contributed by atoms with Crippen LogP contribution >= 0.6 is 0 Å². The van der Waals surface area contributed by atoms with E-state index in [1.807, 2.05) is 26.0 Å². The summed E-state index contributed by atoms with van der Waals surface area (Å²) in [4.78, 5) is 11.6. The lowest BCUT2D eigenvalue weighted by atomic mass is 10.0. The van der Waals surface area contributed by atoms with Crippen LogP contribution in [-0.4, -0.2) is 24.2 Å². The normalized spacial score (nSPS) is 17.2. The van der Waals surface area contributed by atoms with Crippen LogP contribution in [0.1, 0.15) is 38.8 Å². The van der Waals surface area contributed by atoms with Gasteiger partial charge in [-0.3, -0.25) is 4.79 Å². The van der Waals surface area contributed by atoms with Crippen molar-refractivity contribution in [2.75, 3.05) is 6.61 Å². The third-order valence-corrected chi connectivity index (χ3v) is 3.41. The molecule has 1 aromatic carbocycles. The molecule has 0 radical (unpaired) electrons. The molecule has 1 heterocycles. The number of ether oxygens (including phenoxy) is 2. The summed E-state index contributed by atoms with van der Waals surface area (Å²) < 4.78 is 11.0. The molecule has 1 aliphatic heterocycles. The first-order valence-corrected chi connectivity index (χ1v) is 7.13. The largest absolute Gasteiger partial charge is 0.487 e. The van der Waals surface area contributed by atoms with Gasteiger partial charge in [0.05, 0.1) is 6.61 Å². The summed E-state index contributed by atoms with van der Waals surface area (Å²) in [5.74, 6) is 0.738. The van der Waals surface area contributed by atoms with Gasteiger partial charge in [-0.05, 0) is 33.3 Å². The Morgan fingerprint density at radius 1 is 1.50 bits per heavy atom. The molecule has 1 aromatic rings. The van der Waals surface area contributed by atoms with Gasteiger partial charge in [0.25, 0.3) is 0 Å². The maximum absolute atomic E-state index is 11.6. The fourth-order valence-corrected chi connectivity index (χ4v) is 2.43. The summed E-state index contributed by atoms with van der Waals surface area (Å²) in [7, 11) is 0. The third kappa shape index (κ3) is 3.31. The predicted molar refractivity (Wildman–Crippen MR) is 77.8 cm³/mol. The Morgan fingerprint density at radius 2 is 2.25 bits per heavy atom. The van der Waals surface area contributed by atoms with Crippen molar-refractivity contribution in [1.29, 1.82) is 0 Å². The second-order valence-electron chi connectivity index (χ2n) is 5.80. The van der Waals surface area contributed by atoms with E-state index in [9.17, 15) is 4.79 Å². The van der Waals surface area contributed by atoms with Crippen LogP contribution in [0.4, 0.5) is 0 Å². The Labute approximate surface area is 120 Å². The molecule has 1 N–H and O–H groups in total. The first-order chi connectivity index (χ1) is 9.43. The van der Waals surface area contributed by atoms with Gasteiger partial charge in [0.1, 0.15) is 17.4 Å². The molecule has 0 saturated carbocycles. The number of nitrogens with one attached hydrogen (secondary N) is 1. The molecule has 110 valence electrons. The Bertz CT molecular complexity index is 496. The third-order valence-electron chi connectivity index (χ3n) is 3.41. The average molecular weight is 277 g/mol. The highest BCUT2D eigenvalue weighted by atomic mass is 16.5. The Morgan fingerprint density at radius 3 is 2.95 bits per heavy atom. The van der Waals surface area contributed by atoms with Gasteiger partial charge < -0.3 is 14.8 Å². The number of para-hydroxylation sites is 1. The van der Waals surface area contributed by atoms with Crippen molar-refractivity contribution in [2.45, 2.75) is 52.3 Å². The Balaban J connectivity index is 2.02. The molecule has 1 atom stereocenters. The fraction of sp³-hybridized carbons (Fsp3) is 0.562. The number of hydrogen-bond donors (Lipinski definition) is 1. The van der Waals surface area contributed by atoms with Crippen LogP contribution in [0, 0.1) is 0 Å². The molecule has 0 aliphatic carbocycles. The molecule has 0 fully saturated rings. The zero-order valence-corrected chi connectivity index (χ0v) is 12.7. The van der Waals surface area contributed by atoms with Crippen LogP contribution in [0.15, 0.2) is 18.2 Å². The van der Waals surface area contributed by atoms with E-state index in [4.69, 9.17) is 9.47 Å². The van der Waals surface area contributed by atoms with Gasteiger partial charge in [-0.1, -0.05) is 18.2 Å². The first-order valence-electron chi connectivity index (χ1n) is 7.13. The van der Waals surface area contributed by atoms with Crippen LogP contribution in [0.25, 0.3) is 0 Å². The molecule has 1 unspecified atom stereocenters. The molecule has 4 nitrogen and oxygen atoms in total. The zero-order chi connectivity index (χ0) is 14.8. The lowest BCUT2D eigenvalue weighted by Gasteiger charge is -2.19. The molecule has 0 saturated heterocycles. The Hall–Kier alpha value is -1.55. The zero-order valence-electron chi connectivity index (χ0n) is 12.7. The van der Waals surface area contributed by atoms with Crippen LogP contribution in [0.3, 0.4) is 0 Å². The smallest absolute Gasteiger partial charge is 0.322 e. The molecule has 0 bridgehead atoms. The molecule has 20 heavy (non-hydrogen) atoms. The molecule has 0 amide bonds. The minimum Gasteiger partial charge on any atom is -0.487 e. The van der Waals surface area contributed by atoms with Gasteiger partial charge >= 0.3 is 5.97 Å². The van der Waals surface area contributed by atoms with Crippen LogP contribution in [0.5, 0.6) is 5.75 Å². The van der Waals surface area contributed by atoms with Crippen LogP contribution in [-0.2, 0) is 22.5 Å².